The summed E-state index contributed by atoms with van der Waals surface area (Å²) in [5.74, 6) is -0.0593. The van der Waals surface area contributed by atoms with Crippen molar-refractivity contribution in [1.29, 1.82) is 0 Å². The molecule has 5 rings (SSSR count). The van der Waals surface area contributed by atoms with Crippen molar-refractivity contribution in [3.63, 3.8) is 0 Å². The van der Waals surface area contributed by atoms with Crippen molar-refractivity contribution in [2.24, 2.45) is 7.05 Å². The molecule has 4 aromatic heterocycles. The van der Waals surface area contributed by atoms with Crippen LogP contribution in [0.3, 0.4) is 0 Å². The Balaban J connectivity index is 1.36. The third-order valence-corrected chi connectivity index (χ3v) is 6.49. The molecular weight excluding hydrogens is 400 g/mol. The van der Waals surface area contributed by atoms with Crippen LogP contribution in [0.15, 0.2) is 42.4 Å². The van der Waals surface area contributed by atoms with Crippen LogP contribution in [0.4, 0.5) is 0 Å². The summed E-state index contributed by atoms with van der Waals surface area (Å²) in [6.07, 6.45) is 12.2. The third kappa shape index (κ3) is 3.61. The topological polar surface area (TPSA) is 97.3 Å². The van der Waals surface area contributed by atoms with Gasteiger partial charge in [-0.25, -0.2) is 9.50 Å². The highest BCUT2D eigenvalue weighted by Gasteiger charge is 2.22. The molecule has 4 aromatic rings. The second kappa shape index (κ2) is 7.66. The Bertz CT molecular complexity index is 1200. The molecule has 0 unspecified atom stereocenters. The summed E-state index contributed by atoms with van der Waals surface area (Å²) in [5.41, 5.74) is 4.49. The number of aryl methyl sites for hydroxylation is 1. The van der Waals surface area contributed by atoms with E-state index in [9.17, 15) is 9.90 Å². The average Bonchev–Trinajstić information content (AvgIpc) is 3.48. The lowest BCUT2D eigenvalue weighted by Crippen LogP contribution is -2.38. The van der Waals surface area contributed by atoms with E-state index in [1.807, 2.05) is 37.1 Å². The predicted octanol–water partition coefficient (Wildman–Crippen LogP) is 2.89. The summed E-state index contributed by atoms with van der Waals surface area (Å²) in [6, 6.07) is 2.03. The molecule has 4 heterocycles. The molecule has 0 spiro atoms. The Hall–Kier alpha value is -3.04. The Kier molecular flexibility index (Phi) is 4.84. The first-order valence-corrected chi connectivity index (χ1v) is 10.8. The minimum absolute atomic E-state index is 0.0593. The van der Waals surface area contributed by atoms with Gasteiger partial charge in [-0.2, -0.15) is 10.2 Å². The monoisotopic (exact) mass is 422 g/mol. The molecule has 1 amide bonds. The lowest BCUT2D eigenvalue weighted by Gasteiger charge is -2.25. The van der Waals surface area contributed by atoms with Crippen molar-refractivity contribution in [2.45, 2.75) is 37.8 Å². The number of aliphatic hydroxyl groups excluding tert-OH is 1. The highest BCUT2D eigenvalue weighted by Crippen LogP contribution is 2.29. The van der Waals surface area contributed by atoms with Gasteiger partial charge in [-0.3, -0.25) is 9.48 Å². The second-order valence-electron chi connectivity index (χ2n) is 7.75. The number of aliphatic hydroxyl groups is 1. The van der Waals surface area contributed by atoms with E-state index in [1.165, 1.54) is 11.3 Å². The van der Waals surface area contributed by atoms with E-state index in [1.54, 1.807) is 21.6 Å². The number of thiophene rings is 1. The molecule has 0 radical (unpaired) electrons. The SMILES string of the molecule is Cn1cc(-c2cnc3c(-c4csc(C(=O)N[C@H]5CC[C@H](O)CC5)c4)cnn3c2)cn1. The zero-order valence-electron chi connectivity index (χ0n) is 16.5. The fourth-order valence-electron chi connectivity index (χ4n) is 3.87. The second-order valence-corrected chi connectivity index (χ2v) is 8.66. The normalized spacial score (nSPS) is 19.3. The van der Waals surface area contributed by atoms with Crippen molar-refractivity contribution in [3.05, 3.63) is 47.3 Å². The lowest BCUT2D eigenvalue weighted by atomic mass is 9.93. The first-order valence-electron chi connectivity index (χ1n) is 9.97. The molecule has 0 bridgehead atoms. The van der Waals surface area contributed by atoms with Crippen LogP contribution in [-0.4, -0.2) is 47.5 Å². The number of nitrogens with zero attached hydrogens (tertiary/aromatic N) is 5. The van der Waals surface area contributed by atoms with Crippen LogP contribution in [0.1, 0.15) is 35.4 Å². The first kappa shape index (κ1) is 19.0. The molecule has 1 saturated carbocycles. The summed E-state index contributed by atoms with van der Waals surface area (Å²) in [7, 11) is 1.88. The van der Waals surface area contributed by atoms with Gasteiger partial charge in [-0.1, -0.05) is 0 Å². The molecule has 2 N–H and O–H groups in total. The van der Waals surface area contributed by atoms with Gasteiger partial charge in [0.15, 0.2) is 5.65 Å². The number of aromatic nitrogens is 5. The van der Waals surface area contributed by atoms with Crippen molar-refractivity contribution in [3.8, 4) is 22.3 Å². The molecule has 9 heteroatoms. The minimum Gasteiger partial charge on any atom is -0.393 e. The Morgan fingerprint density at radius 1 is 1.10 bits per heavy atom. The van der Waals surface area contributed by atoms with E-state index in [0.717, 1.165) is 53.6 Å². The maximum absolute atomic E-state index is 12.6. The number of nitrogens with one attached hydrogen (secondary N) is 1. The number of hydrogen-bond acceptors (Lipinski definition) is 6. The summed E-state index contributed by atoms with van der Waals surface area (Å²) in [5, 5.41) is 23.3. The summed E-state index contributed by atoms with van der Waals surface area (Å²) in [6.45, 7) is 0. The summed E-state index contributed by atoms with van der Waals surface area (Å²) in [4.78, 5) is 17.9. The van der Waals surface area contributed by atoms with E-state index < -0.39 is 0 Å². The number of amides is 1. The lowest BCUT2D eigenvalue weighted by molar-refractivity contribution is 0.0871. The van der Waals surface area contributed by atoms with Gasteiger partial charge in [-0.05, 0) is 42.7 Å². The third-order valence-electron chi connectivity index (χ3n) is 5.56. The number of hydrogen-bond donors (Lipinski definition) is 2. The predicted molar refractivity (Wildman–Crippen MR) is 114 cm³/mol. The van der Waals surface area contributed by atoms with E-state index in [-0.39, 0.29) is 18.1 Å². The van der Waals surface area contributed by atoms with Crippen LogP contribution in [0.25, 0.3) is 27.9 Å². The fourth-order valence-corrected chi connectivity index (χ4v) is 4.68. The molecule has 1 fully saturated rings. The molecule has 1 aliphatic rings. The van der Waals surface area contributed by atoms with E-state index in [2.05, 4.69) is 20.5 Å². The maximum Gasteiger partial charge on any atom is 0.261 e. The van der Waals surface area contributed by atoms with Gasteiger partial charge in [0.05, 0.1) is 23.4 Å². The van der Waals surface area contributed by atoms with Crippen molar-refractivity contribution < 1.29 is 9.90 Å². The van der Waals surface area contributed by atoms with E-state index in [4.69, 9.17) is 0 Å². The molecule has 0 aliphatic heterocycles. The van der Waals surface area contributed by atoms with Crippen molar-refractivity contribution >= 4 is 22.9 Å². The van der Waals surface area contributed by atoms with Gasteiger partial charge in [0.25, 0.3) is 5.91 Å². The van der Waals surface area contributed by atoms with E-state index in [0.29, 0.717) is 4.88 Å². The van der Waals surface area contributed by atoms with Gasteiger partial charge in [-0.15, -0.1) is 11.3 Å². The van der Waals surface area contributed by atoms with Crippen LogP contribution < -0.4 is 5.32 Å². The largest absolute Gasteiger partial charge is 0.393 e. The quantitative estimate of drug-likeness (QED) is 0.527. The highest BCUT2D eigenvalue weighted by atomic mass is 32.1. The highest BCUT2D eigenvalue weighted by molar-refractivity contribution is 7.12. The maximum atomic E-state index is 12.6. The minimum atomic E-state index is -0.228. The van der Waals surface area contributed by atoms with Gasteiger partial charge < -0.3 is 10.4 Å². The first-order chi connectivity index (χ1) is 14.6. The van der Waals surface area contributed by atoms with Gasteiger partial charge in [0.1, 0.15) is 0 Å². The molecule has 0 atom stereocenters. The molecule has 8 nitrogen and oxygen atoms in total. The summed E-state index contributed by atoms with van der Waals surface area (Å²) >= 11 is 1.42. The van der Waals surface area contributed by atoms with Gasteiger partial charge in [0, 0.05) is 48.4 Å². The molecular formula is C21H22N6O2S. The molecule has 154 valence electrons. The average molecular weight is 423 g/mol. The number of rotatable bonds is 4. The fraction of sp³-hybridized carbons (Fsp3) is 0.333. The van der Waals surface area contributed by atoms with Crippen molar-refractivity contribution in [2.75, 3.05) is 0 Å². The van der Waals surface area contributed by atoms with Crippen LogP contribution in [0.5, 0.6) is 0 Å². The van der Waals surface area contributed by atoms with Crippen LogP contribution in [0.2, 0.25) is 0 Å². The van der Waals surface area contributed by atoms with Crippen LogP contribution >= 0.6 is 11.3 Å². The molecule has 0 saturated heterocycles. The van der Waals surface area contributed by atoms with Crippen LogP contribution in [0, 0.1) is 0 Å². The Morgan fingerprint density at radius 3 is 2.67 bits per heavy atom. The number of carbonyl (C=O) groups excluding carboxylic acids is 1. The Labute approximate surface area is 177 Å². The zero-order valence-corrected chi connectivity index (χ0v) is 17.3. The smallest absolute Gasteiger partial charge is 0.261 e. The van der Waals surface area contributed by atoms with E-state index >= 15 is 0 Å². The van der Waals surface area contributed by atoms with Crippen LogP contribution in [-0.2, 0) is 7.05 Å². The van der Waals surface area contributed by atoms with Crippen molar-refractivity contribution in [1.82, 2.24) is 29.7 Å². The molecule has 1 aliphatic carbocycles. The number of carbonyl (C=O) groups is 1. The molecule has 30 heavy (non-hydrogen) atoms. The standard InChI is InChI=1S/C21H22N6O2S/c1-26-10-15(8-23-26)14-7-22-20-18(9-24-27(20)11-14)13-6-19(30-12-13)21(29)25-16-2-4-17(28)5-3-16/h6-12,16-17,28H,2-5H2,1H3,(H,25,29)/t16-,17-. The molecule has 0 aromatic carbocycles. The number of fused-ring (bicyclic) bond motifs is 1. The van der Waals surface area contributed by atoms with Gasteiger partial charge >= 0.3 is 0 Å². The summed E-state index contributed by atoms with van der Waals surface area (Å²) < 4.78 is 3.50. The Morgan fingerprint density at radius 2 is 1.90 bits per heavy atom. The van der Waals surface area contributed by atoms with Gasteiger partial charge in [0.2, 0.25) is 0 Å². The zero-order chi connectivity index (χ0) is 20.7.